The maximum Gasteiger partial charge on any atom is 0.122 e. The summed E-state index contributed by atoms with van der Waals surface area (Å²) < 4.78 is 5.20. The molecule has 1 N–H and O–H groups in total. The van der Waals surface area contributed by atoms with Crippen LogP contribution in [0.25, 0.3) is 0 Å². The van der Waals surface area contributed by atoms with Crippen LogP contribution in [-0.2, 0) is 6.42 Å². The van der Waals surface area contributed by atoms with Gasteiger partial charge in [-0.2, -0.15) is 0 Å². The van der Waals surface area contributed by atoms with Crippen LogP contribution in [0.15, 0.2) is 30.4 Å². The first kappa shape index (κ1) is 22.6. The third kappa shape index (κ3) is 12.0. The number of phenolic OH excluding ortho intramolecular Hbond substituents is 1. The first-order valence-electron chi connectivity index (χ1n) is 10.8. The summed E-state index contributed by atoms with van der Waals surface area (Å²) in [6.07, 6.45) is 23.0. The predicted molar refractivity (Wildman–Crippen MR) is 113 cm³/mol. The molecule has 0 atom stereocenters. The molecule has 0 heterocycles. The van der Waals surface area contributed by atoms with E-state index in [4.69, 9.17) is 4.74 Å². The molecule has 1 aromatic rings. The van der Waals surface area contributed by atoms with E-state index in [0.29, 0.717) is 5.75 Å². The Morgan fingerprint density at radius 1 is 0.769 bits per heavy atom. The molecule has 2 nitrogen and oxygen atoms in total. The summed E-state index contributed by atoms with van der Waals surface area (Å²) in [6, 6.07) is 5.53. The molecule has 0 aliphatic rings. The fourth-order valence-electron chi connectivity index (χ4n) is 3.31. The van der Waals surface area contributed by atoms with Gasteiger partial charge in [-0.3, -0.25) is 0 Å². The third-order valence-electron chi connectivity index (χ3n) is 4.91. The van der Waals surface area contributed by atoms with Crippen LogP contribution in [0.1, 0.15) is 96.0 Å². The normalized spacial score (nSPS) is 11.3. The predicted octanol–water partition coefficient (Wildman–Crippen LogP) is 7.59. The maximum atomic E-state index is 9.67. The first-order valence-corrected chi connectivity index (χ1v) is 10.8. The Bertz CT molecular complexity index is 479. The van der Waals surface area contributed by atoms with Gasteiger partial charge in [0.25, 0.3) is 0 Å². The van der Waals surface area contributed by atoms with Gasteiger partial charge in [-0.25, -0.2) is 0 Å². The van der Waals surface area contributed by atoms with Crippen LogP contribution in [0, 0.1) is 0 Å². The minimum atomic E-state index is 0.300. The summed E-state index contributed by atoms with van der Waals surface area (Å²) in [5.74, 6) is 1.05. The Labute approximate surface area is 161 Å². The number of methoxy groups -OCH3 is 1. The number of allylic oxidation sites excluding steroid dienone is 2. The van der Waals surface area contributed by atoms with Gasteiger partial charge < -0.3 is 9.84 Å². The molecule has 0 aliphatic heterocycles. The molecule has 0 amide bonds. The van der Waals surface area contributed by atoms with Gasteiger partial charge in [0.1, 0.15) is 11.5 Å². The van der Waals surface area contributed by atoms with Gasteiger partial charge in [0.15, 0.2) is 0 Å². The highest BCUT2D eigenvalue weighted by Gasteiger charge is 2.00. The average molecular weight is 361 g/mol. The van der Waals surface area contributed by atoms with E-state index in [2.05, 4.69) is 19.1 Å². The molecule has 1 aromatic carbocycles. The number of phenols is 1. The van der Waals surface area contributed by atoms with Crippen LogP contribution in [-0.4, -0.2) is 12.2 Å². The SMILES string of the molecule is CCCCCC/C=C\CCCCCCCCCc1cc(O)cc(OC)c1. The summed E-state index contributed by atoms with van der Waals surface area (Å²) >= 11 is 0. The number of ether oxygens (including phenoxy) is 1. The standard InChI is InChI=1S/C24H40O2/c1-3-4-5-6-7-8-9-10-11-12-13-14-15-16-17-18-22-19-23(25)21-24(20-22)26-2/h8-9,19-21,25H,3-7,10-18H2,1-2H3/b9-8-. The lowest BCUT2D eigenvalue weighted by Gasteiger charge is -2.06. The molecule has 2 heteroatoms. The van der Waals surface area contributed by atoms with E-state index in [1.54, 1.807) is 13.2 Å². The zero-order valence-corrected chi connectivity index (χ0v) is 17.1. The molecule has 0 spiro atoms. The summed E-state index contributed by atoms with van der Waals surface area (Å²) in [5, 5.41) is 9.67. The highest BCUT2D eigenvalue weighted by atomic mass is 16.5. The minimum absolute atomic E-state index is 0.300. The van der Waals surface area contributed by atoms with Gasteiger partial charge in [0, 0.05) is 6.07 Å². The van der Waals surface area contributed by atoms with Crippen molar-refractivity contribution in [2.45, 2.75) is 96.8 Å². The Kier molecular flexibility index (Phi) is 13.7. The topological polar surface area (TPSA) is 29.5 Å². The second-order valence-corrected chi connectivity index (χ2v) is 7.37. The van der Waals surface area contributed by atoms with Gasteiger partial charge in [-0.05, 0) is 56.2 Å². The quantitative estimate of drug-likeness (QED) is 0.243. The van der Waals surface area contributed by atoms with Gasteiger partial charge >= 0.3 is 0 Å². The molecule has 148 valence electrons. The highest BCUT2D eigenvalue weighted by Crippen LogP contribution is 2.23. The molecule has 0 saturated heterocycles. The Balaban J connectivity index is 1.91. The van der Waals surface area contributed by atoms with E-state index in [1.807, 2.05) is 12.1 Å². The van der Waals surface area contributed by atoms with Crippen LogP contribution in [0.3, 0.4) is 0 Å². The highest BCUT2D eigenvalue weighted by molar-refractivity contribution is 5.37. The number of unbranched alkanes of at least 4 members (excludes halogenated alkanes) is 11. The molecule has 0 aromatic heterocycles. The van der Waals surface area contributed by atoms with Crippen molar-refractivity contribution in [2.75, 3.05) is 7.11 Å². The molecular formula is C24H40O2. The number of hydrogen-bond donors (Lipinski definition) is 1. The van der Waals surface area contributed by atoms with Crippen molar-refractivity contribution in [2.24, 2.45) is 0 Å². The molecule has 0 fully saturated rings. The van der Waals surface area contributed by atoms with E-state index in [-0.39, 0.29) is 0 Å². The number of rotatable bonds is 16. The molecule has 0 saturated carbocycles. The molecule has 0 aliphatic carbocycles. The van der Waals surface area contributed by atoms with Gasteiger partial charge in [0.05, 0.1) is 7.11 Å². The lowest BCUT2D eigenvalue weighted by atomic mass is 10.0. The lowest BCUT2D eigenvalue weighted by Crippen LogP contribution is -1.89. The van der Waals surface area contributed by atoms with Crippen LogP contribution >= 0.6 is 0 Å². The minimum Gasteiger partial charge on any atom is -0.508 e. The summed E-state index contributed by atoms with van der Waals surface area (Å²) in [4.78, 5) is 0. The second-order valence-electron chi connectivity index (χ2n) is 7.37. The zero-order valence-electron chi connectivity index (χ0n) is 17.1. The number of benzene rings is 1. The van der Waals surface area contributed by atoms with Crippen molar-refractivity contribution in [3.8, 4) is 11.5 Å². The van der Waals surface area contributed by atoms with Crippen LogP contribution in [0.2, 0.25) is 0 Å². The third-order valence-corrected chi connectivity index (χ3v) is 4.91. The fraction of sp³-hybridized carbons (Fsp3) is 0.667. The van der Waals surface area contributed by atoms with E-state index < -0.39 is 0 Å². The average Bonchev–Trinajstić information content (AvgIpc) is 2.64. The summed E-state index contributed by atoms with van der Waals surface area (Å²) in [6.45, 7) is 2.27. The second kappa shape index (κ2) is 15.8. The number of aromatic hydroxyl groups is 1. The first-order chi connectivity index (χ1) is 12.8. The molecule has 0 unspecified atom stereocenters. The molecule has 26 heavy (non-hydrogen) atoms. The van der Waals surface area contributed by atoms with Crippen LogP contribution < -0.4 is 4.74 Å². The number of aryl methyl sites for hydroxylation is 1. The Morgan fingerprint density at radius 3 is 1.96 bits per heavy atom. The van der Waals surface area contributed by atoms with Crippen molar-refractivity contribution in [1.82, 2.24) is 0 Å². The number of hydrogen-bond acceptors (Lipinski definition) is 2. The maximum absolute atomic E-state index is 9.67. The Morgan fingerprint density at radius 2 is 1.35 bits per heavy atom. The molecular weight excluding hydrogens is 320 g/mol. The van der Waals surface area contributed by atoms with Crippen LogP contribution in [0.5, 0.6) is 11.5 Å². The molecule has 0 radical (unpaired) electrons. The molecule has 0 bridgehead atoms. The van der Waals surface area contributed by atoms with Crippen molar-refractivity contribution in [1.29, 1.82) is 0 Å². The van der Waals surface area contributed by atoms with Crippen LogP contribution in [0.4, 0.5) is 0 Å². The summed E-state index contributed by atoms with van der Waals surface area (Å²) in [7, 11) is 1.64. The van der Waals surface area contributed by atoms with Gasteiger partial charge in [-0.1, -0.05) is 70.4 Å². The molecule has 1 rings (SSSR count). The van der Waals surface area contributed by atoms with Gasteiger partial charge in [0.2, 0.25) is 0 Å². The van der Waals surface area contributed by atoms with E-state index in [9.17, 15) is 5.11 Å². The van der Waals surface area contributed by atoms with Crippen molar-refractivity contribution in [3.63, 3.8) is 0 Å². The van der Waals surface area contributed by atoms with E-state index >= 15 is 0 Å². The van der Waals surface area contributed by atoms with Crippen molar-refractivity contribution < 1.29 is 9.84 Å². The van der Waals surface area contributed by atoms with E-state index in [0.717, 1.165) is 12.2 Å². The lowest BCUT2D eigenvalue weighted by molar-refractivity contribution is 0.406. The largest absolute Gasteiger partial charge is 0.508 e. The smallest absolute Gasteiger partial charge is 0.122 e. The Hall–Kier alpha value is -1.44. The summed E-state index contributed by atoms with van der Waals surface area (Å²) in [5.41, 5.74) is 1.17. The van der Waals surface area contributed by atoms with Crippen molar-refractivity contribution in [3.05, 3.63) is 35.9 Å². The monoisotopic (exact) mass is 360 g/mol. The van der Waals surface area contributed by atoms with E-state index in [1.165, 1.54) is 89.0 Å². The fourth-order valence-corrected chi connectivity index (χ4v) is 3.31. The van der Waals surface area contributed by atoms with Gasteiger partial charge in [-0.15, -0.1) is 0 Å². The zero-order chi connectivity index (χ0) is 18.9. The van der Waals surface area contributed by atoms with Crippen molar-refractivity contribution >= 4 is 0 Å².